The van der Waals surface area contributed by atoms with Crippen LogP contribution in [0.5, 0.6) is 5.75 Å². The molecule has 0 bridgehead atoms. The number of nitrogens with zero attached hydrogens (tertiary/aromatic N) is 2. The lowest BCUT2D eigenvalue weighted by Crippen LogP contribution is -2.12. The molecule has 0 saturated heterocycles. The average molecular weight is 512 g/mol. The van der Waals surface area contributed by atoms with Crippen molar-refractivity contribution in [1.29, 1.82) is 5.26 Å². The maximum atomic E-state index is 13.9. The van der Waals surface area contributed by atoms with Crippen molar-refractivity contribution in [2.24, 2.45) is 4.99 Å². The molecule has 6 nitrogen and oxygen atoms in total. The topological polar surface area (TPSA) is 94.7 Å². The highest BCUT2D eigenvalue weighted by molar-refractivity contribution is 8.14. The maximum absolute atomic E-state index is 13.9. The third-order valence-corrected chi connectivity index (χ3v) is 5.39. The number of hydrogen-bond donors (Lipinski definition) is 2. The molecule has 2 aromatic rings. The largest absolute Gasteiger partial charge is 0.484 e. The lowest BCUT2D eigenvalue weighted by Gasteiger charge is -2.11. The predicted molar refractivity (Wildman–Crippen MR) is 136 cm³/mol. The number of aryl methyl sites for hydroxylation is 1. The highest BCUT2D eigenvalue weighted by atomic mass is 32.2. The number of ether oxygens (including phenoxy) is 1. The predicted octanol–water partition coefficient (Wildman–Crippen LogP) is 6.43. The highest BCUT2D eigenvalue weighted by Crippen LogP contribution is 2.25. The smallest absolute Gasteiger partial charge is 0.290 e. The van der Waals surface area contributed by atoms with E-state index in [4.69, 9.17) is 19.9 Å². The van der Waals surface area contributed by atoms with Crippen LogP contribution in [0.2, 0.25) is 0 Å². The molecule has 1 aliphatic heterocycles. The van der Waals surface area contributed by atoms with Crippen molar-refractivity contribution in [3.8, 4) is 11.8 Å². The minimum atomic E-state index is -1.21. The summed E-state index contributed by atoms with van der Waals surface area (Å²) in [7, 11) is 0. The Bertz CT molecular complexity index is 998. The molecule has 0 radical (unpaired) electrons. The monoisotopic (exact) mass is 511 g/mol. The van der Waals surface area contributed by atoms with Gasteiger partial charge in [-0.1, -0.05) is 33.8 Å². The molecule has 1 aliphatic rings. The number of hydrogen-bond acceptors (Lipinski definition) is 6. The van der Waals surface area contributed by atoms with Crippen LogP contribution in [0, 0.1) is 35.7 Å². The number of nitriles is 1. The summed E-state index contributed by atoms with van der Waals surface area (Å²) in [6, 6.07) is 8.68. The van der Waals surface area contributed by atoms with Crippen molar-refractivity contribution in [2.45, 2.75) is 47.1 Å². The van der Waals surface area contributed by atoms with E-state index in [2.05, 4.69) is 10.3 Å². The van der Waals surface area contributed by atoms with E-state index < -0.39 is 11.6 Å². The molecule has 2 aromatic carbocycles. The molecule has 0 fully saturated rings. The van der Waals surface area contributed by atoms with Crippen LogP contribution in [0.15, 0.2) is 35.3 Å². The van der Waals surface area contributed by atoms with Crippen molar-refractivity contribution < 1.29 is 27.8 Å². The van der Waals surface area contributed by atoms with E-state index >= 15 is 0 Å². The Hall–Kier alpha value is -3.19. The van der Waals surface area contributed by atoms with Crippen molar-refractivity contribution >= 4 is 29.0 Å². The second kappa shape index (κ2) is 18.2. The van der Waals surface area contributed by atoms with Crippen LogP contribution < -0.4 is 10.1 Å². The molecule has 1 atom stereocenters. The van der Waals surface area contributed by atoms with Crippen LogP contribution in [-0.2, 0) is 4.79 Å². The summed E-state index contributed by atoms with van der Waals surface area (Å²) in [5, 5.41) is 19.5. The molecule has 0 amide bonds. The van der Waals surface area contributed by atoms with E-state index in [1.165, 1.54) is 36.0 Å². The Morgan fingerprint density at radius 2 is 1.86 bits per heavy atom. The van der Waals surface area contributed by atoms with Gasteiger partial charge in [0.1, 0.15) is 23.5 Å². The Morgan fingerprint density at radius 3 is 2.49 bits per heavy atom. The van der Waals surface area contributed by atoms with Gasteiger partial charge in [-0.05, 0) is 43.2 Å². The molecule has 35 heavy (non-hydrogen) atoms. The standard InChI is InChI=1S/C20H18F3N3OS.2C2H6.CH2O2/c1-12-2-4-14(21)8-16(12)25-7-6-15-11-28-18(26-15)10-27-17-5-3-13(9-24)19(22)20(17)23;2*1-2;2-1-3/h2-5,8,15,25H,6-7,10-11H2,1H3;2*1-2H3;1H,(H,2,3). The third kappa shape index (κ3) is 10.7. The molecule has 0 saturated carbocycles. The van der Waals surface area contributed by atoms with Crippen LogP contribution in [0.4, 0.5) is 18.9 Å². The van der Waals surface area contributed by atoms with Crippen molar-refractivity contribution in [3.05, 3.63) is 58.9 Å². The summed E-state index contributed by atoms with van der Waals surface area (Å²) in [4.78, 5) is 12.9. The molecule has 3 rings (SSSR count). The quantitative estimate of drug-likeness (QED) is 0.416. The summed E-state index contributed by atoms with van der Waals surface area (Å²) in [6.45, 7) is 10.3. The van der Waals surface area contributed by atoms with Crippen LogP contribution in [0.25, 0.3) is 0 Å². The molecule has 2 N–H and O–H groups in total. The van der Waals surface area contributed by atoms with Crippen LogP contribution in [0.3, 0.4) is 0 Å². The number of halogens is 3. The Labute approximate surface area is 209 Å². The van der Waals surface area contributed by atoms with Crippen LogP contribution in [-0.4, -0.2) is 41.6 Å². The first-order chi connectivity index (χ1) is 16.9. The van der Waals surface area contributed by atoms with Gasteiger partial charge in [0.15, 0.2) is 11.6 Å². The second-order valence-electron chi connectivity index (χ2n) is 6.41. The summed E-state index contributed by atoms with van der Waals surface area (Å²) < 4.78 is 46.1. The zero-order valence-corrected chi connectivity index (χ0v) is 21.4. The van der Waals surface area contributed by atoms with E-state index in [0.717, 1.165) is 23.4 Å². The summed E-state index contributed by atoms with van der Waals surface area (Å²) in [5.41, 5.74) is 1.37. The van der Waals surface area contributed by atoms with Crippen LogP contribution in [0.1, 0.15) is 45.2 Å². The first-order valence-electron chi connectivity index (χ1n) is 11.2. The molecular formula is C25H32F3N3O3S. The van der Waals surface area contributed by atoms with Crippen molar-refractivity contribution in [1.82, 2.24) is 0 Å². The molecule has 0 aromatic heterocycles. The first-order valence-corrected chi connectivity index (χ1v) is 12.2. The average Bonchev–Trinajstić information content (AvgIpc) is 3.33. The van der Waals surface area contributed by atoms with E-state index in [-0.39, 0.29) is 36.3 Å². The Kier molecular flexibility index (Phi) is 16.5. The third-order valence-electron chi connectivity index (χ3n) is 4.28. The number of carbonyl (C=O) groups is 1. The molecule has 10 heteroatoms. The fraction of sp³-hybridized carbons (Fsp3) is 0.400. The molecule has 1 unspecified atom stereocenters. The van der Waals surface area contributed by atoms with Gasteiger partial charge in [0.05, 0.1) is 11.6 Å². The normalized spacial score (nSPS) is 13.3. The number of thioether (sulfide) groups is 1. The van der Waals surface area contributed by atoms with E-state index in [1.807, 2.05) is 34.6 Å². The van der Waals surface area contributed by atoms with Gasteiger partial charge in [-0.3, -0.25) is 9.79 Å². The van der Waals surface area contributed by atoms with Gasteiger partial charge >= 0.3 is 0 Å². The minimum Gasteiger partial charge on any atom is -0.484 e. The van der Waals surface area contributed by atoms with Gasteiger partial charge in [-0.25, -0.2) is 8.78 Å². The highest BCUT2D eigenvalue weighted by Gasteiger charge is 2.20. The molecule has 0 aliphatic carbocycles. The Balaban J connectivity index is 0.00000150. The van der Waals surface area contributed by atoms with Gasteiger partial charge in [-0.2, -0.15) is 9.65 Å². The SMILES string of the molecule is CC.CC.Cc1ccc(F)cc1NCCC1CSC(COc2ccc(C#N)c(F)c2F)=N1.O=CO. The molecular weight excluding hydrogens is 479 g/mol. The first kappa shape index (κ1) is 31.8. The number of anilines is 1. The molecule has 0 spiro atoms. The number of carboxylic acid groups (broad SMARTS) is 1. The number of rotatable bonds is 7. The van der Waals surface area contributed by atoms with E-state index in [9.17, 15) is 13.2 Å². The van der Waals surface area contributed by atoms with Gasteiger partial charge in [0, 0.05) is 18.0 Å². The van der Waals surface area contributed by atoms with Crippen molar-refractivity contribution in [2.75, 3.05) is 24.2 Å². The zero-order valence-electron chi connectivity index (χ0n) is 20.6. The van der Waals surface area contributed by atoms with E-state index in [0.29, 0.717) is 11.6 Å². The fourth-order valence-corrected chi connectivity index (χ4v) is 3.72. The van der Waals surface area contributed by atoms with Crippen molar-refractivity contribution in [3.63, 3.8) is 0 Å². The Morgan fingerprint density at radius 1 is 1.20 bits per heavy atom. The van der Waals surface area contributed by atoms with Crippen LogP contribution >= 0.6 is 11.8 Å². The lowest BCUT2D eigenvalue weighted by molar-refractivity contribution is -0.122. The zero-order chi connectivity index (χ0) is 26.8. The van der Waals surface area contributed by atoms with Gasteiger partial charge in [-0.15, -0.1) is 11.8 Å². The van der Waals surface area contributed by atoms with E-state index in [1.54, 1.807) is 12.1 Å². The minimum absolute atomic E-state index is 0.0415. The van der Waals surface area contributed by atoms with Gasteiger partial charge < -0.3 is 15.2 Å². The van der Waals surface area contributed by atoms with Gasteiger partial charge in [0.25, 0.3) is 6.47 Å². The fourth-order valence-electron chi connectivity index (χ4n) is 2.72. The molecule has 192 valence electrons. The number of nitrogens with one attached hydrogen (secondary N) is 1. The summed E-state index contributed by atoms with van der Waals surface area (Å²) >= 11 is 1.51. The molecule has 1 heterocycles. The lowest BCUT2D eigenvalue weighted by atomic mass is 10.2. The number of benzene rings is 2. The summed E-state index contributed by atoms with van der Waals surface area (Å²) in [6.07, 6.45) is 0.756. The van der Waals surface area contributed by atoms with Gasteiger partial charge in [0.2, 0.25) is 5.82 Å². The number of aliphatic imine (C=N–C) groups is 1. The second-order valence-corrected chi connectivity index (χ2v) is 7.50. The summed E-state index contributed by atoms with van der Waals surface area (Å²) in [5.74, 6) is -2.14. The maximum Gasteiger partial charge on any atom is 0.290 e.